The van der Waals surface area contributed by atoms with Gasteiger partial charge in [0.25, 0.3) is 5.91 Å². The maximum Gasteiger partial charge on any atom is 0.269 e. The van der Waals surface area contributed by atoms with E-state index in [4.69, 9.17) is 10.5 Å². The van der Waals surface area contributed by atoms with Crippen LogP contribution < -0.4 is 15.8 Å². The lowest BCUT2D eigenvalue weighted by atomic mass is 10.1. The number of amides is 1. The number of nitrogens with one attached hydrogen (secondary N) is 1. The summed E-state index contributed by atoms with van der Waals surface area (Å²) in [6, 6.07) is 7.44. The van der Waals surface area contributed by atoms with Crippen molar-refractivity contribution in [2.45, 2.75) is 6.92 Å². The molecule has 3 N–H and O–H groups in total. The van der Waals surface area contributed by atoms with E-state index in [-0.39, 0.29) is 5.91 Å². The molecule has 0 atom stereocenters. The lowest BCUT2D eigenvalue weighted by molar-refractivity contribution is 0.102. The van der Waals surface area contributed by atoms with Gasteiger partial charge in [-0.25, -0.2) is 0 Å². The van der Waals surface area contributed by atoms with Gasteiger partial charge in [-0.3, -0.25) is 4.79 Å². The van der Waals surface area contributed by atoms with Crippen molar-refractivity contribution in [1.29, 1.82) is 0 Å². The Kier molecular flexibility index (Phi) is 4.99. The highest BCUT2D eigenvalue weighted by molar-refractivity contribution is 7.12. The average Bonchev–Trinajstić information content (AvgIpc) is 2.96. The van der Waals surface area contributed by atoms with Crippen LogP contribution in [0, 0.1) is 18.8 Å². The minimum absolute atomic E-state index is 0.186. The molecule has 0 spiro atoms. The van der Waals surface area contributed by atoms with Crippen molar-refractivity contribution in [3.63, 3.8) is 0 Å². The summed E-state index contributed by atoms with van der Waals surface area (Å²) in [6.45, 7) is 2.24. The van der Waals surface area contributed by atoms with E-state index in [0.717, 1.165) is 16.8 Å². The Balaban J connectivity index is 2.24. The normalized spacial score (nSPS) is 9.67. The molecule has 0 saturated carbocycles. The number of methoxy groups -OCH3 is 1. The quantitative estimate of drug-likeness (QED) is 0.856. The summed E-state index contributed by atoms with van der Waals surface area (Å²) >= 11 is 1.34. The Hall–Kier alpha value is -2.29. The molecule has 2 aromatic rings. The summed E-state index contributed by atoms with van der Waals surface area (Å²) in [6.07, 6.45) is 0. The van der Waals surface area contributed by atoms with Gasteiger partial charge in [0.1, 0.15) is 10.6 Å². The zero-order valence-electron chi connectivity index (χ0n) is 11.9. The molecule has 1 aromatic heterocycles. The topological polar surface area (TPSA) is 64.3 Å². The molecule has 0 saturated heterocycles. The van der Waals surface area contributed by atoms with Crippen LogP contribution in [-0.4, -0.2) is 19.6 Å². The number of aryl methyl sites for hydroxylation is 1. The molecule has 1 aromatic carbocycles. The number of benzene rings is 1. The number of rotatable bonds is 3. The van der Waals surface area contributed by atoms with Crippen LogP contribution in [0.4, 0.5) is 5.69 Å². The molecule has 0 aliphatic carbocycles. The smallest absolute Gasteiger partial charge is 0.269 e. The number of anilines is 1. The summed E-state index contributed by atoms with van der Waals surface area (Å²) in [5.74, 6) is 6.14. The van der Waals surface area contributed by atoms with Crippen LogP contribution in [0.25, 0.3) is 0 Å². The van der Waals surface area contributed by atoms with Crippen LogP contribution in [0.2, 0.25) is 0 Å². The molecule has 4 nitrogen and oxygen atoms in total. The lowest BCUT2D eigenvalue weighted by Gasteiger charge is -2.09. The van der Waals surface area contributed by atoms with Crippen molar-refractivity contribution < 1.29 is 9.53 Å². The number of hydrogen-bond acceptors (Lipinski definition) is 4. The number of hydrogen-bond donors (Lipinski definition) is 2. The van der Waals surface area contributed by atoms with E-state index in [1.165, 1.54) is 11.3 Å². The summed E-state index contributed by atoms with van der Waals surface area (Å²) in [4.78, 5) is 12.8. The van der Waals surface area contributed by atoms with E-state index in [9.17, 15) is 4.79 Å². The molecule has 5 heteroatoms. The van der Waals surface area contributed by atoms with Crippen LogP contribution in [0.5, 0.6) is 5.75 Å². The Morgan fingerprint density at radius 2 is 2.24 bits per heavy atom. The van der Waals surface area contributed by atoms with Gasteiger partial charge < -0.3 is 15.8 Å². The monoisotopic (exact) mass is 300 g/mol. The highest BCUT2D eigenvalue weighted by atomic mass is 32.1. The van der Waals surface area contributed by atoms with Gasteiger partial charge in [0.05, 0.1) is 13.7 Å². The van der Waals surface area contributed by atoms with Crippen molar-refractivity contribution in [3.8, 4) is 17.6 Å². The van der Waals surface area contributed by atoms with Gasteiger partial charge in [-0.2, -0.15) is 0 Å². The summed E-state index contributed by atoms with van der Waals surface area (Å²) in [7, 11) is 1.55. The third-order valence-corrected chi connectivity index (χ3v) is 3.77. The van der Waals surface area contributed by atoms with Crippen LogP contribution in [0.3, 0.4) is 0 Å². The van der Waals surface area contributed by atoms with E-state index in [1.54, 1.807) is 13.2 Å². The fourth-order valence-electron chi connectivity index (χ4n) is 1.79. The molecular weight excluding hydrogens is 284 g/mol. The molecule has 108 valence electrons. The Morgan fingerprint density at radius 1 is 1.43 bits per heavy atom. The van der Waals surface area contributed by atoms with E-state index in [1.807, 2.05) is 30.5 Å². The fraction of sp³-hybridized carbons (Fsp3) is 0.188. The Labute approximate surface area is 127 Å². The second-order valence-electron chi connectivity index (χ2n) is 4.31. The second-order valence-corrected chi connectivity index (χ2v) is 5.22. The first-order valence-corrected chi connectivity index (χ1v) is 7.26. The summed E-state index contributed by atoms with van der Waals surface area (Å²) in [5.41, 5.74) is 7.89. The minimum atomic E-state index is -0.186. The molecule has 0 radical (unpaired) electrons. The average molecular weight is 300 g/mol. The predicted octanol–water partition coefficient (Wildman–Crippen LogP) is 2.63. The van der Waals surface area contributed by atoms with Crippen LogP contribution >= 0.6 is 11.3 Å². The van der Waals surface area contributed by atoms with Gasteiger partial charge >= 0.3 is 0 Å². The molecule has 21 heavy (non-hydrogen) atoms. The van der Waals surface area contributed by atoms with Crippen molar-refractivity contribution in [2.24, 2.45) is 5.73 Å². The fourth-order valence-corrected chi connectivity index (χ4v) is 2.54. The highest BCUT2D eigenvalue weighted by Gasteiger charge is 2.14. The first-order valence-electron chi connectivity index (χ1n) is 6.38. The van der Waals surface area contributed by atoms with Gasteiger partial charge in [-0.05, 0) is 36.1 Å². The van der Waals surface area contributed by atoms with Crippen molar-refractivity contribution >= 4 is 22.9 Å². The van der Waals surface area contributed by atoms with E-state index >= 15 is 0 Å². The van der Waals surface area contributed by atoms with Gasteiger partial charge in [-0.1, -0.05) is 17.9 Å². The predicted molar refractivity (Wildman–Crippen MR) is 85.9 cm³/mol. The Morgan fingerprint density at radius 3 is 2.95 bits per heavy atom. The third-order valence-electron chi connectivity index (χ3n) is 2.88. The maximum absolute atomic E-state index is 12.3. The molecule has 0 unspecified atom stereocenters. The minimum Gasteiger partial charge on any atom is -0.495 e. The molecule has 0 aliphatic heterocycles. The van der Waals surface area contributed by atoms with Crippen LogP contribution in [0.15, 0.2) is 29.6 Å². The Bertz CT molecular complexity index is 711. The number of carbonyl (C=O) groups is 1. The first kappa shape index (κ1) is 15.1. The zero-order chi connectivity index (χ0) is 15.2. The molecule has 1 heterocycles. The third kappa shape index (κ3) is 3.63. The van der Waals surface area contributed by atoms with Crippen LogP contribution in [-0.2, 0) is 0 Å². The first-order chi connectivity index (χ1) is 10.2. The number of ether oxygens (including phenoxy) is 1. The summed E-state index contributed by atoms with van der Waals surface area (Å²) in [5, 5.41) is 4.72. The largest absolute Gasteiger partial charge is 0.495 e. The van der Waals surface area contributed by atoms with E-state index in [0.29, 0.717) is 17.2 Å². The van der Waals surface area contributed by atoms with E-state index < -0.39 is 0 Å². The molecule has 0 fully saturated rings. The number of thiophene rings is 1. The van der Waals surface area contributed by atoms with Gasteiger partial charge in [-0.15, -0.1) is 11.3 Å². The highest BCUT2D eigenvalue weighted by Crippen LogP contribution is 2.26. The van der Waals surface area contributed by atoms with E-state index in [2.05, 4.69) is 17.2 Å². The number of carbonyl (C=O) groups excluding carboxylic acids is 1. The van der Waals surface area contributed by atoms with Gasteiger partial charge in [0, 0.05) is 11.3 Å². The van der Waals surface area contributed by atoms with Crippen LogP contribution in [0.1, 0.15) is 20.8 Å². The standard InChI is InChI=1S/C16H16N2O2S/c1-11-5-6-12(4-3-8-17)10-13(11)18-16(19)15-14(20-2)7-9-21-15/h5-7,9-10H,8,17H2,1-2H3,(H,18,19). The molecule has 1 amide bonds. The zero-order valence-corrected chi connectivity index (χ0v) is 12.7. The van der Waals surface area contributed by atoms with Crippen molar-refractivity contribution in [2.75, 3.05) is 19.0 Å². The lowest BCUT2D eigenvalue weighted by Crippen LogP contribution is -2.12. The molecule has 0 aliphatic rings. The number of nitrogens with two attached hydrogens (primary N) is 1. The second kappa shape index (κ2) is 6.93. The van der Waals surface area contributed by atoms with Gasteiger partial charge in [0.2, 0.25) is 0 Å². The maximum atomic E-state index is 12.3. The van der Waals surface area contributed by atoms with Crippen molar-refractivity contribution in [3.05, 3.63) is 45.6 Å². The molecule has 2 rings (SSSR count). The van der Waals surface area contributed by atoms with Crippen molar-refractivity contribution in [1.82, 2.24) is 0 Å². The summed E-state index contributed by atoms with van der Waals surface area (Å²) < 4.78 is 5.16. The van der Waals surface area contributed by atoms with Gasteiger partial charge in [0.15, 0.2) is 0 Å². The molecule has 0 bridgehead atoms. The molecular formula is C16H16N2O2S. The SMILES string of the molecule is COc1ccsc1C(=O)Nc1cc(C#CCN)ccc1C.